The molecule has 1 aliphatic rings. The van der Waals surface area contributed by atoms with E-state index in [0.717, 1.165) is 35.8 Å². The fourth-order valence-electron chi connectivity index (χ4n) is 5.60. The molecule has 3 heterocycles. The summed E-state index contributed by atoms with van der Waals surface area (Å²) >= 11 is 0. The van der Waals surface area contributed by atoms with Crippen LogP contribution < -0.4 is 15.8 Å². The lowest BCUT2D eigenvalue weighted by atomic mass is 9.78. The number of nitrogens with zero attached hydrogens (tertiary/aromatic N) is 4. The zero-order chi connectivity index (χ0) is 35.4. The Hall–Kier alpha value is -4.15. The van der Waals surface area contributed by atoms with Crippen molar-refractivity contribution in [2.24, 2.45) is 22.1 Å². The molecule has 8 nitrogen and oxygen atoms in total. The van der Waals surface area contributed by atoms with Gasteiger partial charge in [0.05, 0.1) is 24.6 Å². The van der Waals surface area contributed by atoms with Crippen LogP contribution in [0.15, 0.2) is 77.4 Å². The third-order valence-electron chi connectivity index (χ3n) is 8.65. The first kappa shape index (κ1) is 38.3. The minimum atomic E-state index is -1.07. The maximum atomic E-state index is 15.3. The first-order chi connectivity index (χ1) is 23.1. The van der Waals surface area contributed by atoms with Crippen LogP contribution in [0.2, 0.25) is 0 Å². The second-order valence-corrected chi connectivity index (χ2v) is 11.9. The van der Waals surface area contributed by atoms with Gasteiger partial charge in [-0.25, -0.2) is 9.37 Å². The molecule has 1 unspecified atom stereocenters. The molecule has 48 heavy (non-hydrogen) atoms. The normalized spacial score (nSPS) is 14.4. The van der Waals surface area contributed by atoms with Gasteiger partial charge in [0, 0.05) is 67.7 Å². The number of imidazole rings is 1. The molecule has 1 aromatic carbocycles. The number of rotatable bonds is 13. The summed E-state index contributed by atoms with van der Waals surface area (Å²) in [6, 6.07) is 10.1. The van der Waals surface area contributed by atoms with Crippen molar-refractivity contribution in [3.8, 4) is 16.9 Å². The van der Waals surface area contributed by atoms with Crippen LogP contribution in [-0.2, 0) is 13.1 Å². The van der Waals surface area contributed by atoms with Gasteiger partial charge < -0.3 is 25.3 Å². The Morgan fingerprint density at radius 2 is 1.83 bits per heavy atom. The molecule has 0 bridgehead atoms. The fraction of sp³-hybridized carbons (Fsp3) is 0.447. The summed E-state index contributed by atoms with van der Waals surface area (Å²) in [4.78, 5) is 12.9. The summed E-state index contributed by atoms with van der Waals surface area (Å²) in [6.45, 7) is 15.0. The Morgan fingerprint density at radius 3 is 2.48 bits per heavy atom. The number of halogens is 2. The number of benzene rings is 1. The third-order valence-corrected chi connectivity index (χ3v) is 8.65. The first-order valence-electron chi connectivity index (χ1n) is 16.9. The summed E-state index contributed by atoms with van der Waals surface area (Å²) < 4.78 is 37.6. The van der Waals surface area contributed by atoms with Crippen molar-refractivity contribution in [3.05, 3.63) is 95.3 Å². The van der Waals surface area contributed by atoms with Crippen LogP contribution in [0.3, 0.4) is 0 Å². The highest BCUT2D eigenvalue weighted by atomic mass is 19.2. The van der Waals surface area contributed by atoms with E-state index < -0.39 is 17.7 Å². The van der Waals surface area contributed by atoms with E-state index in [9.17, 15) is 9.50 Å². The molecule has 5 rings (SSSR count). The van der Waals surface area contributed by atoms with Gasteiger partial charge in [-0.1, -0.05) is 47.6 Å². The van der Waals surface area contributed by atoms with Gasteiger partial charge in [-0.3, -0.25) is 9.98 Å². The van der Waals surface area contributed by atoms with Crippen molar-refractivity contribution in [2.75, 3.05) is 13.7 Å². The number of hydrogen-bond donors (Lipinski definition) is 3. The van der Waals surface area contributed by atoms with E-state index in [4.69, 9.17) is 10.5 Å². The largest absolute Gasteiger partial charge is 0.489 e. The molecule has 0 radical (unpaired) electrons. The number of aromatic nitrogens is 3. The number of aliphatic hydroxyl groups excluding tert-OH is 1. The Morgan fingerprint density at radius 1 is 1.10 bits per heavy atom. The highest BCUT2D eigenvalue weighted by molar-refractivity contribution is 5.98. The molecule has 3 aromatic heterocycles. The summed E-state index contributed by atoms with van der Waals surface area (Å²) in [5.74, 6) is -1.86. The third kappa shape index (κ3) is 9.05. The first-order valence-corrected chi connectivity index (χ1v) is 16.9. The SMILES string of the molecule is CC.CC.CN=C(C)/C(CCOc1c(-c2ccc3ncc(CNCc4cccnc4)n3c2)ccc(F)c1F)=C(\N)C(O)C(C)(C)C1CC1. The van der Waals surface area contributed by atoms with Crippen LogP contribution in [0.4, 0.5) is 8.78 Å². The second-order valence-electron chi connectivity index (χ2n) is 11.9. The van der Waals surface area contributed by atoms with Crippen molar-refractivity contribution in [1.29, 1.82) is 0 Å². The van der Waals surface area contributed by atoms with Gasteiger partial charge in [-0.2, -0.15) is 4.39 Å². The molecule has 1 aliphatic carbocycles. The van der Waals surface area contributed by atoms with Gasteiger partial charge in [0.15, 0.2) is 11.6 Å². The molecule has 1 atom stereocenters. The molecule has 4 N–H and O–H groups in total. The number of fused-ring (bicyclic) bond motifs is 1. The Kier molecular flexibility index (Phi) is 14.2. The highest BCUT2D eigenvalue weighted by Gasteiger charge is 2.44. The van der Waals surface area contributed by atoms with Crippen LogP contribution in [-0.4, -0.2) is 44.9 Å². The lowest BCUT2D eigenvalue weighted by Gasteiger charge is -2.32. The summed E-state index contributed by atoms with van der Waals surface area (Å²) in [6.07, 6.45) is 8.69. The number of nitrogens with two attached hydrogens (primary N) is 1. The zero-order valence-corrected chi connectivity index (χ0v) is 29.6. The van der Waals surface area contributed by atoms with Gasteiger partial charge in [-0.05, 0) is 72.6 Å². The van der Waals surface area contributed by atoms with E-state index >= 15 is 4.39 Å². The van der Waals surface area contributed by atoms with Crippen LogP contribution >= 0.6 is 0 Å². The predicted octanol–water partition coefficient (Wildman–Crippen LogP) is 7.89. The van der Waals surface area contributed by atoms with E-state index in [-0.39, 0.29) is 24.2 Å². The maximum Gasteiger partial charge on any atom is 0.201 e. The number of aliphatic imine (C=N–C) groups is 1. The molecule has 10 heteroatoms. The topological polar surface area (TPSA) is 110 Å². The Labute approximate surface area is 284 Å². The van der Waals surface area contributed by atoms with Crippen LogP contribution in [0.1, 0.15) is 79.0 Å². The molecule has 4 aromatic rings. The minimum Gasteiger partial charge on any atom is -0.489 e. The molecule has 0 aliphatic heterocycles. The molecule has 1 fully saturated rings. The molecular weight excluding hydrogens is 610 g/mol. The van der Waals surface area contributed by atoms with Crippen LogP contribution in [0, 0.1) is 23.0 Å². The smallest absolute Gasteiger partial charge is 0.201 e. The van der Waals surface area contributed by atoms with Crippen molar-refractivity contribution in [3.63, 3.8) is 0 Å². The number of ether oxygens (including phenoxy) is 1. The monoisotopic (exact) mass is 662 g/mol. The number of aliphatic hydroxyl groups is 1. The molecule has 0 spiro atoms. The van der Waals surface area contributed by atoms with E-state index in [1.165, 1.54) is 6.07 Å². The van der Waals surface area contributed by atoms with Gasteiger partial charge in [0.1, 0.15) is 5.65 Å². The van der Waals surface area contributed by atoms with Crippen molar-refractivity contribution in [2.45, 2.75) is 86.9 Å². The van der Waals surface area contributed by atoms with Gasteiger partial charge in [0.25, 0.3) is 0 Å². The predicted molar refractivity (Wildman–Crippen MR) is 191 cm³/mol. The van der Waals surface area contributed by atoms with E-state index in [2.05, 4.69) is 20.3 Å². The van der Waals surface area contributed by atoms with E-state index in [1.54, 1.807) is 19.4 Å². The summed E-state index contributed by atoms with van der Waals surface area (Å²) in [5, 5.41) is 14.6. The molecule has 0 saturated heterocycles. The van der Waals surface area contributed by atoms with Crippen LogP contribution in [0.5, 0.6) is 5.75 Å². The fourth-order valence-corrected chi connectivity index (χ4v) is 5.60. The van der Waals surface area contributed by atoms with Crippen molar-refractivity contribution < 1.29 is 18.6 Å². The lowest BCUT2D eigenvalue weighted by Crippen LogP contribution is -2.37. The van der Waals surface area contributed by atoms with E-state index in [1.807, 2.05) is 89.5 Å². The quantitative estimate of drug-likeness (QED) is 0.126. The number of pyridine rings is 2. The van der Waals surface area contributed by atoms with Crippen molar-refractivity contribution in [1.82, 2.24) is 19.7 Å². The number of hydrogen-bond acceptors (Lipinski definition) is 7. The van der Waals surface area contributed by atoms with E-state index in [0.29, 0.717) is 47.1 Å². The molecular formula is C38H52F2N6O2. The second kappa shape index (κ2) is 17.8. The Bertz CT molecular complexity index is 1680. The zero-order valence-electron chi connectivity index (χ0n) is 29.6. The lowest BCUT2D eigenvalue weighted by molar-refractivity contribution is 0.0614. The van der Waals surface area contributed by atoms with Crippen LogP contribution in [0.25, 0.3) is 16.8 Å². The standard InChI is InChI=1S/C34H40F2N6O2.2C2H6/c1-21(38-4)26(31(37)33(43)34(2,3)24-8-9-24)13-15-44-32-27(10-11-28(35)30(32)36)23-7-12-29-41-19-25(42(29)20-23)18-40-17-22-6-5-14-39-16-22;2*1-2/h5-7,10-12,14,16,19-20,24,33,40,43H,8-9,13,15,17-18,37H2,1-4H3;2*1-2H3/b31-26-,38-21?;;. The molecule has 0 amide bonds. The Balaban J connectivity index is 0.00000151. The van der Waals surface area contributed by atoms with Crippen molar-refractivity contribution >= 4 is 11.4 Å². The maximum absolute atomic E-state index is 15.3. The minimum absolute atomic E-state index is 0.00365. The van der Waals surface area contributed by atoms with Gasteiger partial charge in [0.2, 0.25) is 5.82 Å². The average Bonchev–Trinajstić information content (AvgIpc) is 3.91. The number of nitrogens with one attached hydrogen (secondary N) is 1. The van der Waals surface area contributed by atoms with Gasteiger partial charge in [-0.15, -0.1) is 0 Å². The summed E-state index contributed by atoms with van der Waals surface area (Å²) in [5.41, 5.74) is 11.5. The molecule has 260 valence electrons. The summed E-state index contributed by atoms with van der Waals surface area (Å²) in [7, 11) is 1.65. The van der Waals surface area contributed by atoms with Gasteiger partial charge >= 0.3 is 0 Å². The average molecular weight is 663 g/mol. The highest BCUT2D eigenvalue weighted by Crippen LogP contribution is 2.48. The molecule has 1 saturated carbocycles.